The van der Waals surface area contributed by atoms with Crippen LogP contribution in [-0.4, -0.2) is 35.3 Å². The maximum Gasteiger partial charge on any atom is 0.325 e. The van der Waals surface area contributed by atoms with Crippen molar-refractivity contribution in [2.45, 2.75) is 12.5 Å². The minimum atomic E-state index is -1.31. The lowest BCUT2D eigenvalue weighted by Crippen LogP contribution is -2.45. The summed E-state index contributed by atoms with van der Waals surface area (Å²) in [5.74, 6) is -1.34. The number of imide groups is 2. The molecule has 156 valence electrons. The van der Waals surface area contributed by atoms with Crippen molar-refractivity contribution in [3.05, 3.63) is 78.4 Å². The first-order valence-corrected chi connectivity index (χ1v) is 9.66. The third kappa shape index (κ3) is 3.95. The third-order valence-electron chi connectivity index (χ3n) is 5.19. The van der Waals surface area contributed by atoms with Crippen molar-refractivity contribution in [2.75, 3.05) is 11.9 Å². The Morgan fingerprint density at radius 3 is 2.35 bits per heavy atom. The van der Waals surface area contributed by atoms with Crippen LogP contribution in [0.25, 0.3) is 10.8 Å². The molecule has 3 N–H and O–H groups in total. The summed E-state index contributed by atoms with van der Waals surface area (Å²) in [5, 5.41) is 9.23. The fourth-order valence-electron chi connectivity index (χ4n) is 3.53. The van der Waals surface area contributed by atoms with Crippen LogP contribution < -0.4 is 16.0 Å². The van der Waals surface area contributed by atoms with Gasteiger partial charge in [-0.3, -0.25) is 19.8 Å². The van der Waals surface area contributed by atoms with E-state index in [0.29, 0.717) is 11.3 Å². The van der Waals surface area contributed by atoms with Gasteiger partial charge in [-0.2, -0.15) is 0 Å². The molecule has 0 spiro atoms. The molecule has 0 saturated carbocycles. The molecule has 1 atom stereocenters. The molecule has 31 heavy (non-hydrogen) atoms. The zero-order chi connectivity index (χ0) is 22.0. The molecule has 0 aromatic heterocycles. The predicted molar refractivity (Wildman–Crippen MR) is 115 cm³/mol. The smallest absolute Gasteiger partial charge is 0.319 e. The quantitative estimate of drug-likeness (QED) is 0.568. The lowest BCUT2D eigenvalue weighted by Gasteiger charge is -2.22. The molecule has 0 aliphatic carbocycles. The fraction of sp³-hybridized carbons (Fsp3) is 0.130. The van der Waals surface area contributed by atoms with Crippen molar-refractivity contribution >= 4 is 40.3 Å². The zero-order valence-electron chi connectivity index (χ0n) is 16.7. The second-order valence-corrected chi connectivity index (χ2v) is 7.38. The van der Waals surface area contributed by atoms with E-state index in [4.69, 9.17) is 0 Å². The van der Waals surface area contributed by atoms with Gasteiger partial charge in [0.2, 0.25) is 5.91 Å². The minimum absolute atomic E-state index is 0.506. The Bertz CT molecular complexity index is 1190. The highest BCUT2D eigenvalue weighted by Gasteiger charge is 2.49. The van der Waals surface area contributed by atoms with Gasteiger partial charge in [-0.15, -0.1) is 0 Å². The maximum absolute atomic E-state index is 13.0. The van der Waals surface area contributed by atoms with Crippen molar-refractivity contribution in [2.24, 2.45) is 0 Å². The fourth-order valence-corrected chi connectivity index (χ4v) is 3.53. The summed E-state index contributed by atoms with van der Waals surface area (Å²) in [4.78, 5) is 50.6. The summed E-state index contributed by atoms with van der Waals surface area (Å²) < 4.78 is 0. The zero-order valence-corrected chi connectivity index (χ0v) is 16.7. The second kappa shape index (κ2) is 7.91. The number of nitrogens with one attached hydrogen (secondary N) is 3. The molecule has 0 unspecified atom stereocenters. The lowest BCUT2D eigenvalue weighted by atomic mass is 9.90. The van der Waals surface area contributed by atoms with Gasteiger partial charge in [0.25, 0.3) is 5.91 Å². The van der Waals surface area contributed by atoms with Crippen LogP contribution in [-0.2, 0) is 15.1 Å². The molecule has 1 saturated heterocycles. The van der Waals surface area contributed by atoms with Crippen LogP contribution in [0.4, 0.5) is 15.3 Å². The molecule has 0 bridgehead atoms. The van der Waals surface area contributed by atoms with Gasteiger partial charge in [0, 0.05) is 5.69 Å². The molecule has 1 fully saturated rings. The highest BCUT2D eigenvalue weighted by atomic mass is 16.2. The van der Waals surface area contributed by atoms with Crippen LogP contribution in [0.5, 0.6) is 0 Å². The number of benzene rings is 3. The van der Waals surface area contributed by atoms with Crippen LogP contribution >= 0.6 is 0 Å². The van der Waals surface area contributed by atoms with E-state index in [1.807, 2.05) is 36.4 Å². The van der Waals surface area contributed by atoms with Crippen molar-refractivity contribution in [1.82, 2.24) is 15.5 Å². The summed E-state index contributed by atoms with van der Waals surface area (Å²) >= 11 is 0. The average Bonchev–Trinajstić information content (AvgIpc) is 2.98. The van der Waals surface area contributed by atoms with E-state index in [-0.39, 0.29) is 0 Å². The number of fused-ring (bicyclic) bond motifs is 1. The highest BCUT2D eigenvalue weighted by molar-refractivity contribution is 6.11. The van der Waals surface area contributed by atoms with E-state index < -0.39 is 36.0 Å². The monoisotopic (exact) mass is 416 g/mol. The first kappa shape index (κ1) is 20.1. The summed E-state index contributed by atoms with van der Waals surface area (Å²) in [6.45, 7) is 1.02. The first-order valence-electron chi connectivity index (χ1n) is 9.66. The molecule has 8 nitrogen and oxygen atoms in total. The average molecular weight is 416 g/mol. The molecule has 0 radical (unpaired) electrons. The van der Waals surface area contributed by atoms with Crippen molar-refractivity contribution < 1.29 is 19.2 Å². The number of carbonyl (C=O) groups excluding carboxylic acids is 4. The van der Waals surface area contributed by atoms with Gasteiger partial charge >= 0.3 is 12.1 Å². The molecule has 1 heterocycles. The largest absolute Gasteiger partial charge is 0.325 e. The Morgan fingerprint density at radius 2 is 1.61 bits per heavy atom. The second-order valence-electron chi connectivity index (χ2n) is 7.38. The Kier molecular flexibility index (Phi) is 5.12. The summed E-state index contributed by atoms with van der Waals surface area (Å²) in [6, 6.07) is 20.3. The number of para-hydroxylation sites is 1. The van der Waals surface area contributed by atoms with Crippen LogP contribution in [0, 0.1) is 0 Å². The first-order chi connectivity index (χ1) is 14.9. The molecule has 6 amide bonds. The third-order valence-corrected chi connectivity index (χ3v) is 5.19. The van der Waals surface area contributed by atoms with E-state index in [2.05, 4.69) is 16.0 Å². The minimum Gasteiger partial charge on any atom is -0.319 e. The van der Waals surface area contributed by atoms with Gasteiger partial charge in [0.15, 0.2) is 0 Å². The molecular weight excluding hydrogens is 396 g/mol. The molecular formula is C23H20N4O4. The van der Waals surface area contributed by atoms with Gasteiger partial charge in [0.05, 0.1) is 0 Å². The number of carbonyl (C=O) groups is 4. The number of rotatable bonds is 4. The summed E-state index contributed by atoms with van der Waals surface area (Å²) in [6.07, 6.45) is 0. The number of nitrogens with zero attached hydrogens (tertiary/aromatic N) is 1. The molecule has 3 aromatic carbocycles. The van der Waals surface area contributed by atoms with Crippen molar-refractivity contribution in [3.63, 3.8) is 0 Å². The number of anilines is 1. The number of amides is 6. The summed E-state index contributed by atoms with van der Waals surface area (Å²) in [7, 11) is 0. The van der Waals surface area contributed by atoms with E-state index in [1.165, 1.54) is 0 Å². The molecule has 1 aliphatic rings. The lowest BCUT2D eigenvalue weighted by molar-refractivity contribution is -0.134. The van der Waals surface area contributed by atoms with Crippen molar-refractivity contribution in [3.8, 4) is 0 Å². The van der Waals surface area contributed by atoms with E-state index in [9.17, 15) is 19.2 Å². The van der Waals surface area contributed by atoms with Gasteiger partial charge in [-0.1, -0.05) is 54.6 Å². The highest BCUT2D eigenvalue weighted by Crippen LogP contribution is 2.30. The van der Waals surface area contributed by atoms with Crippen LogP contribution in [0.15, 0.2) is 72.8 Å². The van der Waals surface area contributed by atoms with E-state index >= 15 is 0 Å². The standard InChI is InChI=1S/C23H20N4O4/c1-23(17-12-11-15-7-5-6-8-16(15)13-17)20(29)27(22(31)26-23)14-19(28)25-21(30)24-18-9-3-2-4-10-18/h2-13H,14H2,1H3,(H,26,31)(H2,24,25,28,30)/t23-/m1/s1. The van der Waals surface area contributed by atoms with Gasteiger partial charge in [-0.05, 0) is 41.5 Å². The SMILES string of the molecule is C[C@]1(c2ccc3ccccc3c2)NC(=O)N(CC(=O)NC(=O)Nc2ccccc2)C1=O. The Morgan fingerprint density at radius 1 is 0.935 bits per heavy atom. The van der Waals surface area contributed by atoms with Crippen molar-refractivity contribution in [1.29, 1.82) is 0 Å². The Labute approximate surface area is 178 Å². The molecule has 1 aliphatic heterocycles. The normalized spacial score (nSPS) is 18.0. The predicted octanol–water partition coefficient (Wildman–Crippen LogP) is 2.96. The number of hydrogen-bond donors (Lipinski definition) is 3. The van der Waals surface area contributed by atoms with Crippen LogP contribution in [0.1, 0.15) is 12.5 Å². The summed E-state index contributed by atoms with van der Waals surface area (Å²) in [5.41, 5.74) is -0.200. The number of hydrogen-bond acceptors (Lipinski definition) is 4. The molecule has 3 aromatic rings. The Balaban J connectivity index is 1.46. The Hall–Kier alpha value is -4.20. The van der Waals surface area contributed by atoms with Gasteiger partial charge in [-0.25, -0.2) is 9.59 Å². The van der Waals surface area contributed by atoms with Gasteiger partial charge in [0.1, 0.15) is 12.1 Å². The molecule has 4 rings (SSSR count). The topological polar surface area (TPSA) is 108 Å². The van der Waals surface area contributed by atoms with E-state index in [1.54, 1.807) is 43.3 Å². The maximum atomic E-state index is 13.0. The van der Waals surface area contributed by atoms with Crippen LogP contribution in [0.2, 0.25) is 0 Å². The molecule has 8 heteroatoms. The van der Waals surface area contributed by atoms with E-state index in [0.717, 1.165) is 15.7 Å². The number of urea groups is 2. The van der Waals surface area contributed by atoms with Crippen LogP contribution in [0.3, 0.4) is 0 Å². The van der Waals surface area contributed by atoms with Gasteiger partial charge < -0.3 is 10.6 Å².